The van der Waals surface area contributed by atoms with Crippen molar-refractivity contribution in [1.29, 1.82) is 0 Å². The molecule has 41 heavy (non-hydrogen) atoms. The van der Waals surface area contributed by atoms with Gasteiger partial charge >= 0.3 is 0 Å². The SMILES string of the molecule is CS(=O)(=O)CCNCc1ccc(-c2cc3c(Nc4ccc(OCc5cccc(F)c5)cc4)ncnc3cn2)o1.Cl.Cl. The van der Waals surface area contributed by atoms with Gasteiger partial charge in [-0.25, -0.2) is 22.8 Å². The van der Waals surface area contributed by atoms with E-state index in [1.165, 1.54) is 24.7 Å². The number of nitrogens with one attached hydrogen (secondary N) is 2. The van der Waals surface area contributed by atoms with Crippen molar-refractivity contribution in [3.8, 4) is 17.2 Å². The summed E-state index contributed by atoms with van der Waals surface area (Å²) < 4.78 is 47.6. The van der Waals surface area contributed by atoms with Gasteiger partial charge in [0.2, 0.25) is 0 Å². The van der Waals surface area contributed by atoms with Gasteiger partial charge in [0, 0.05) is 23.9 Å². The maximum Gasteiger partial charge on any atom is 0.152 e. The van der Waals surface area contributed by atoms with Crippen LogP contribution in [0.25, 0.3) is 22.4 Å². The van der Waals surface area contributed by atoms with Gasteiger partial charge in [-0.1, -0.05) is 12.1 Å². The molecule has 0 saturated carbocycles. The molecule has 2 N–H and O–H groups in total. The molecule has 216 valence electrons. The monoisotopic (exact) mass is 619 g/mol. The Labute approximate surface area is 249 Å². The molecule has 3 heterocycles. The second-order valence-corrected chi connectivity index (χ2v) is 11.2. The number of aromatic nitrogens is 3. The van der Waals surface area contributed by atoms with Gasteiger partial charge in [0.15, 0.2) is 5.76 Å². The maximum absolute atomic E-state index is 13.4. The molecule has 0 aliphatic rings. The molecule has 9 nitrogen and oxygen atoms in total. The van der Waals surface area contributed by atoms with Crippen molar-refractivity contribution in [2.45, 2.75) is 13.2 Å². The molecule has 5 aromatic rings. The highest BCUT2D eigenvalue weighted by Crippen LogP contribution is 2.28. The Morgan fingerprint density at radius 2 is 1.78 bits per heavy atom. The summed E-state index contributed by atoms with van der Waals surface area (Å²) in [5.74, 6) is 2.27. The fourth-order valence-electron chi connectivity index (χ4n) is 3.84. The number of fused-ring (bicyclic) bond motifs is 1. The minimum absolute atomic E-state index is 0. The van der Waals surface area contributed by atoms with Crippen LogP contribution in [0.1, 0.15) is 11.3 Å². The van der Waals surface area contributed by atoms with Gasteiger partial charge in [-0.05, 0) is 60.2 Å². The van der Waals surface area contributed by atoms with Crippen LogP contribution in [0, 0.1) is 5.82 Å². The van der Waals surface area contributed by atoms with Gasteiger partial charge in [-0.15, -0.1) is 24.8 Å². The molecule has 13 heteroatoms. The minimum Gasteiger partial charge on any atom is -0.489 e. The lowest BCUT2D eigenvalue weighted by Gasteiger charge is -2.10. The summed E-state index contributed by atoms with van der Waals surface area (Å²) in [4.78, 5) is 13.2. The third-order valence-electron chi connectivity index (χ3n) is 5.80. The van der Waals surface area contributed by atoms with Crippen LogP contribution in [0.15, 0.2) is 83.7 Å². The van der Waals surface area contributed by atoms with Crippen LogP contribution in [0.5, 0.6) is 5.75 Å². The van der Waals surface area contributed by atoms with E-state index in [-0.39, 0.29) is 43.0 Å². The number of halogens is 3. The van der Waals surface area contributed by atoms with Crippen molar-refractivity contribution in [2.75, 3.05) is 23.9 Å². The second kappa shape index (κ2) is 14.2. The van der Waals surface area contributed by atoms with Crippen molar-refractivity contribution in [3.63, 3.8) is 0 Å². The summed E-state index contributed by atoms with van der Waals surface area (Å²) >= 11 is 0. The Bertz CT molecular complexity index is 1700. The molecular formula is C28H28Cl2FN5O4S. The first kappa shape index (κ1) is 31.8. The average Bonchev–Trinajstić information content (AvgIpc) is 3.39. The molecule has 0 spiro atoms. The molecule has 5 rings (SSSR count). The number of hydrogen-bond acceptors (Lipinski definition) is 9. The quantitative estimate of drug-likeness (QED) is 0.179. The molecule has 0 fully saturated rings. The first-order chi connectivity index (χ1) is 18.8. The van der Waals surface area contributed by atoms with E-state index >= 15 is 0 Å². The molecule has 0 bridgehead atoms. The summed E-state index contributed by atoms with van der Waals surface area (Å²) in [5, 5.41) is 7.14. The highest BCUT2D eigenvalue weighted by Gasteiger charge is 2.11. The molecule has 0 saturated heterocycles. The third kappa shape index (κ3) is 8.86. The summed E-state index contributed by atoms with van der Waals surface area (Å²) in [6.45, 7) is 1.01. The first-order valence-corrected chi connectivity index (χ1v) is 14.2. The number of rotatable bonds is 11. The molecule has 0 aliphatic heterocycles. The van der Waals surface area contributed by atoms with Crippen LogP contribution < -0.4 is 15.4 Å². The Kier molecular flexibility index (Phi) is 11.0. The van der Waals surface area contributed by atoms with Crippen LogP contribution in [0.4, 0.5) is 15.9 Å². The van der Waals surface area contributed by atoms with E-state index in [9.17, 15) is 12.8 Å². The van der Waals surface area contributed by atoms with Crippen LogP contribution >= 0.6 is 24.8 Å². The summed E-state index contributed by atoms with van der Waals surface area (Å²) in [6.07, 6.45) is 4.34. The smallest absolute Gasteiger partial charge is 0.152 e. The van der Waals surface area contributed by atoms with Crippen LogP contribution in [0.2, 0.25) is 0 Å². The maximum atomic E-state index is 13.4. The molecule has 0 radical (unpaired) electrons. The van der Waals surface area contributed by atoms with Crippen LogP contribution in [-0.2, 0) is 23.0 Å². The van der Waals surface area contributed by atoms with E-state index in [0.717, 1.165) is 16.6 Å². The number of hydrogen-bond donors (Lipinski definition) is 2. The van der Waals surface area contributed by atoms with Gasteiger partial charge < -0.3 is 19.8 Å². The second-order valence-electron chi connectivity index (χ2n) is 8.95. The van der Waals surface area contributed by atoms with E-state index < -0.39 is 9.84 Å². The number of ether oxygens (including phenoxy) is 1. The predicted molar refractivity (Wildman–Crippen MR) is 161 cm³/mol. The lowest BCUT2D eigenvalue weighted by molar-refractivity contribution is 0.305. The average molecular weight is 621 g/mol. The Morgan fingerprint density at radius 3 is 2.54 bits per heavy atom. The number of anilines is 2. The standard InChI is InChI=1S/C28H26FN5O4S.2ClH/c1-39(35,36)12-11-30-15-23-9-10-27(38-23)25-14-24-26(16-31-25)32-18-33-28(24)34-21-5-7-22(8-6-21)37-17-19-3-2-4-20(29)13-19;;/h2-10,13-14,16,18,30H,11-12,15,17H2,1H3,(H,32,33,34);2*1H. The van der Waals surface area contributed by atoms with Gasteiger partial charge in [0.1, 0.15) is 51.6 Å². The first-order valence-electron chi connectivity index (χ1n) is 12.1. The van der Waals surface area contributed by atoms with Gasteiger partial charge in [-0.2, -0.15) is 0 Å². The highest BCUT2D eigenvalue weighted by atomic mass is 35.5. The topological polar surface area (TPSA) is 119 Å². The Hall–Kier alpha value is -3.77. The van der Waals surface area contributed by atoms with Gasteiger partial charge in [0.05, 0.1) is 24.0 Å². The lowest BCUT2D eigenvalue weighted by atomic mass is 10.2. The van der Waals surface area contributed by atoms with Gasteiger partial charge in [0.25, 0.3) is 0 Å². The number of pyridine rings is 1. The van der Waals surface area contributed by atoms with E-state index in [2.05, 4.69) is 25.6 Å². The summed E-state index contributed by atoms with van der Waals surface area (Å²) in [6, 6.07) is 19.2. The number of benzene rings is 2. The molecule has 0 amide bonds. The largest absolute Gasteiger partial charge is 0.489 e. The Morgan fingerprint density at radius 1 is 0.976 bits per heavy atom. The van der Waals surface area contributed by atoms with Gasteiger partial charge in [-0.3, -0.25) is 4.98 Å². The zero-order valence-corrected chi connectivity index (χ0v) is 24.4. The molecule has 0 atom stereocenters. The fraction of sp³-hybridized carbons (Fsp3) is 0.179. The summed E-state index contributed by atoms with van der Waals surface area (Å²) in [5.41, 5.74) is 2.83. The molecule has 3 aromatic heterocycles. The molecule has 0 aliphatic carbocycles. The van der Waals surface area contributed by atoms with Crippen LogP contribution in [-0.4, -0.2) is 41.9 Å². The van der Waals surface area contributed by atoms with Crippen molar-refractivity contribution in [1.82, 2.24) is 20.3 Å². The third-order valence-corrected chi connectivity index (χ3v) is 6.74. The molecular weight excluding hydrogens is 592 g/mol. The highest BCUT2D eigenvalue weighted by molar-refractivity contribution is 7.90. The van der Waals surface area contributed by atoms with Crippen molar-refractivity contribution < 1.29 is 22.0 Å². The minimum atomic E-state index is -3.02. The molecule has 2 aromatic carbocycles. The number of furan rings is 1. The zero-order chi connectivity index (χ0) is 27.2. The zero-order valence-electron chi connectivity index (χ0n) is 21.9. The van der Waals surface area contributed by atoms with Crippen molar-refractivity contribution in [2.24, 2.45) is 0 Å². The fourth-order valence-corrected chi connectivity index (χ4v) is 4.35. The number of sulfone groups is 1. The lowest BCUT2D eigenvalue weighted by Crippen LogP contribution is -2.21. The van der Waals surface area contributed by atoms with E-state index in [1.807, 2.05) is 48.5 Å². The Balaban J connectivity index is 0.00000231. The van der Waals surface area contributed by atoms with Crippen molar-refractivity contribution in [3.05, 3.63) is 96.4 Å². The normalized spacial score (nSPS) is 11.0. The van der Waals surface area contributed by atoms with Crippen LogP contribution in [0.3, 0.4) is 0 Å². The van der Waals surface area contributed by atoms with Crippen molar-refractivity contribution >= 4 is 57.1 Å². The van der Waals surface area contributed by atoms with E-state index in [4.69, 9.17) is 9.15 Å². The van der Waals surface area contributed by atoms with E-state index in [0.29, 0.717) is 47.4 Å². The predicted octanol–water partition coefficient (Wildman–Crippen LogP) is 5.72. The summed E-state index contributed by atoms with van der Waals surface area (Å²) in [7, 11) is -3.02. The number of nitrogens with zero attached hydrogens (tertiary/aromatic N) is 3. The van der Waals surface area contributed by atoms with E-state index in [1.54, 1.807) is 12.3 Å². The molecule has 0 unspecified atom stereocenters.